The third-order valence-corrected chi connectivity index (χ3v) is 5.99. The van der Waals surface area contributed by atoms with Crippen molar-refractivity contribution in [3.8, 4) is 11.1 Å². The molecule has 0 aromatic carbocycles. The lowest BCUT2D eigenvalue weighted by atomic mass is 9.86. The highest BCUT2D eigenvalue weighted by Crippen LogP contribution is 2.36. The average Bonchev–Trinajstić information content (AvgIpc) is 3.07. The van der Waals surface area contributed by atoms with E-state index >= 15 is 4.39 Å². The number of aromatic nitrogens is 3. The molecule has 3 aromatic heterocycles. The molecule has 25 heavy (non-hydrogen) atoms. The largest absolute Gasteiger partial charge is 0.361 e. The van der Waals surface area contributed by atoms with Gasteiger partial charge in [-0.2, -0.15) is 0 Å². The Balaban J connectivity index is 1.79. The summed E-state index contributed by atoms with van der Waals surface area (Å²) in [4.78, 5) is 4.64. The number of aryl methyl sites for hydroxylation is 2. The fourth-order valence-corrected chi connectivity index (χ4v) is 4.69. The lowest BCUT2D eigenvalue weighted by Crippen LogP contribution is -2.31. The molecule has 0 spiro atoms. The van der Waals surface area contributed by atoms with Crippen LogP contribution >= 0.6 is 22.6 Å². The predicted octanol–water partition coefficient (Wildman–Crippen LogP) is 5.59. The van der Waals surface area contributed by atoms with E-state index in [1.54, 1.807) is 0 Å². The van der Waals surface area contributed by atoms with Crippen LogP contribution in [0.25, 0.3) is 22.2 Å². The van der Waals surface area contributed by atoms with Crippen LogP contribution < -0.4 is 0 Å². The smallest absolute Gasteiger partial charge is 0.141 e. The SMILES string of the molecule is Cc1noc(C)c1-c1cnc2c(I)cn(CC3(F)CCCCC3)c2c1. The molecule has 0 aliphatic heterocycles. The molecule has 0 saturated heterocycles. The standard InChI is InChI=1S/C19H21FIN3O/c1-12-17(13(2)25-23-12)14-8-16-18(22-9-14)15(21)10-24(16)11-19(20)6-4-3-5-7-19/h8-10H,3-7,11H2,1-2H3. The summed E-state index contributed by atoms with van der Waals surface area (Å²) in [5, 5.41) is 4.03. The molecule has 3 heterocycles. The van der Waals surface area contributed by atoms with Crippen molar-refractivity contribution < 1.29 is 8.91 Å². The first-order valence-corrected chi connectivity index (χ1v) is 9.81. The minimum absolute atomic E-state index is 0.402. The summed E-state index contributed by atoms with van der Waals surface area (Å²) in [7, 11) is 0. The average molecular weight is 453 g/mol. The van der Waals surface area contributed by atoms with Crippen LogP contribution in [0.4, 0.5) is 4.39 Å². The van der Waals surface area contributed by atoms with E-state index in [1.165, 1.54) is 0 Å². The third kappa shape index (κ3) is 3.09. The molecule has 1 saturated carbocycles. The second-order valence-corrected chi connectivity index (χ2v) is 8.27. The van der Waals surface area contributed by atoms with Crippen LogP contribution in [-0.4, -0.2) is 20.4 Å². The first-order valence-electron chi connectivity index (χ1n) is 8.73. The highest BCUT2D eigenvalue weighted by Gasteiger charge is 2.32. The Kier molecular flexibility index (Phi) is 4.33. The van der Waals surface area contributed by atoms with E-state index in [0.717, 1.165) is 56.4 Å². The summed E-state index contributed by atoms with van der Waals surface area (Å²) >= 11 is 2.28. The summed E-state index contributed by atoms with van der Waals surface area (Å²) < 4.78 is 23.6. The third-order valence-electron chi connectivity index (χ3n) is 5.20. The topological polar surface area (TPSA) is 43.9 Å². The van der Waals surface area contributed by atoms with Crippen molar-refractivity contribution in [2.24, 2.45) is 0 Å². The van der Waals surface area contributed by atoms with Gasteiger partial charge in [0.15, 0.2) is 0 Å². The zero-order valence-electron chi connectivity index (χ0n) is 14.5. The second kappa shape index (κ2) is 6.37. The molecule has 0 atom stereocenters. The summed E-state index contributed by atoms with van der Waals surface area (Å²) in [5.74, 6) is 0.778. The number of nitrogens with zero attached hydrogens (tertiary/aromatic N) is 3. The number of halogens is 2. The van der Waals surface area contributed by atoms with E-state index in [-0.39, 0.29) is 0 Å². The number of alkyl halides is 1. The molecule has 0 unspecified atom stereocenters. The van der Waals surface area contributed by atoms with Crippen LogP contribution in [0.1, 0.15) is 43.6 Å². The highest BCUT2D eigenvalue weighted by molar-refractivity contribution is 14.1. The zero-order valence-corrected chi connectivity index (χ0v) is 16.6. The Labute approximate surface area is 159 Å². The second-order valence-electron chi connectivity index (χ2n) is 7.11. The van der Waals surface area contributed by atoms with Gasteiger partial charge in [-0.1, -0.05) is 24.4 Å². The van der Waals surface area contributed by atoms with Gasteiger partial charge in [-0.05, 0) is 55.3 Å². The minimum Gasteiger partial charge on any atom is -0.361 e. The van der Waals surface area contributed by atoms with Gasteiger partial charge in [0.1, 0.15) is 16.9 Å². The van der Waals surface area contributed by atoms with Crippen molar-refractivity contribution >= 4 is 33.6 Å². The molecule has 0 amide bonds. The molecule has 4 rings (SSSR count). The van der Waals surface area contributed by atoms with Gasteiger partial charge in [-0.3, -0.25) is 4.98 Å². The normalized spacial score (nSPS) is 17.3. The first-order chi connectivity index (χ1) is 12.0. The molecule has 3 aromatic rings. The quantitative estimate of drug-likeness (QED) is 0.486. The number of rotatable bonds is 3. The summed E-state index contributed by atoms with van der Waals surface area (Å²) in [6, 6.07) is 2.09. The van der Waals surface area contributed by atoms with Gasteiger partial charge in [-0.15, -0.1) is 0 Å². The summed E-state index contributed by atoms with van der Waals surface area (Å²) in [6.07, 6.45) is 8.29. The van der Waals surface area contributed by atoms with E-state index in [2.05, 4.69) is 38.8 Å². The lowest BCUT2D eigenvalue weighted by Gasteiger charge is -2.30. The molecule has 132 valence electrons. The number of fused-ring (bicyclic) bond motifs is 1. The van der Waals surface area contributed by atoms with Crippen LogP contribution in [0.15, 0.2) is 23.0 Å². The highest BCUT2D eigenvalue weighted by atomic mass is 127. The lowest BCUT2D eigenvalue weighted by molar-refractivity contribution is 0.0872. The molecule has 0 radical (unpaired) electrons. The van der Waals surface area contributed by atoms with Crippen molar-refractivity contribution in [3.05, 3.63) is 33.5 Å². The van der Waals surface area contributed by atoms with Crippen LogP contribution in [0, 0.1) is 17.4 Å². The van der Waals surface area contributed by atoms with Gasteiger partial charge in [-0.25, -0.2) is 4.39 Å². The summed E-state index contributed by atoms with van der Waals surface area (Å²) in [6.45, 7) is 4.23. The van der Waals surface area contributed by atoms with Gasteiger partial charge >= 0.3 is 0 Å². The van der Waals surface area contributed by atoms with Gasteiger partial charge in [0, 0.05) is 23.5 Å². The van der Waals surface area contributed by atoms with Crippen molar-refractivity contribution in [3.63, 3.8) is 0 Å². The van der Waals surface area contributed by atoms with Gasteiger partial charge in [0.2, 0.25) is 0 Å². The molecular weight excluding hydrogens is 432 g/mol. The molecule has 4 nitrogen and oxygen atoms in total. The maximum absolute atomic E-state index is 15.2. The van der Waals surface area contributed by atoms with Gasteiger partial charge < -0.3 is 9.09 Å². The number of hydrogen-bond donors (Lipinski definition) is 0. The van der Waals surface area contributed by atoms with Crippen LogP contribution in [-0.2, 0) is 6.54 Å². The van der Waals surface area contributed by atoms with Gasteiger partial charge in [0.05, 0.1) is 21.3 Å². The van der Waals surface area contributed by atoms with Crippen LogP contribution in [0.2, 0.25) is 0 Å². The molecule has 0 N–H and O–H groups in total. The fourth-order valence-electron chi connectivity index (χ4n) is 3.94. The maximum Gasteiger partial charge on any atom is 0.141 e. The van der Waals surface area contributed by atoms with Crippen molar-refractivity contribution in [2.75, 3.05) is 0 Å². The Morgan fingerprint density at radius 3 is 2.72 bits per heavy atom. The molecular formula is C19H21FIN3O. The van der Waals surface area contributed by atoms with E-state index in [1.807, 2.05) is 30.8 Å². The molecule has 6 heteroatoms. The summed E-state index contributed by atoms with van der Waals surface area (Å²) in [5.41, 5.74) is 3.59. The molecule has 1 aliphatic carbocycles. The molecule has 1 aliphatic rings. The van der Waals surface area contributed by atoms with E-state index in [0.29, 0.717) is 19.4 Å². The Hall–Kier alpha value is -1.44. The predicted molar refractivity (Wildman–Crippen MR) is 104 cm³/mol. The van der Waals surface area contributed by atoms with Crippen molar-refractivity contribution in [1.29, 1.82) is 0 Å². The van der Waals surface area contributed by atoms with Crippen LogP contribution in [0.3, 0.4) is 0 Å². The molecule has 0 bridgehead atoms. The minimum atomic E-state index is -1.10. The zero-order chi connectivity index (χ0) is 17.6. The first kappa shape index (κ1) is 17.0. The maximum atomic E-state index is 15.2. The van der Waals surface area contributed by atoms with E-state index in [4.69, 9.17) is 4.52 Å². The fraction of sp³-hybridized carbons (Fsp3) is 0.474. The van der Waals surface area contributed by atoms with E-state index in [9.17, 15) is 0 Å². The number of hydrogen-bond acceptors (Lipinski definition) is 3. The Bertz CT molecular complexity index is 905. The van der Waals surface area contributed by atoms with Crippen LogP contribution in [0.5, 0.6) is 0 Å². The van der Waals surface area contributed by atoms with Crippen molar-refractivity contribution in [1.82, 2.24) is 14.7 Å². The number of pyridine rings is 1. The van der Waals surface area contributed by atoms with E-state index < -0.39 is 5.67 Å². The van der Waals surface area contributed by atoms with Crippen molar-refractivity contribution in [2.45, 2.75) is 58.2 Å². The Morgan fingerprint density at radius 1 is 1.28 bits per heavy atom. The molecule has 1 fully saturated rings. The monoisotopic (exact) mass is 453 g/mol. The van der Waals surface area contributed by atoms with Gasteiger partial charge in [0.25, 0.3) is 0 Å². The Morgan fingerprint density at radius 2 is 2.04 bits per heavy atom.